The van der Waals surface area contributed by atoms with Crippen LogP contribution in [0.2, 0.25) is 0 Å². The second-order valence-electron chi connectivity index (χ2n) is 5.26. The van der Waals surface area contributed by atoms with Gasteiger partial charge in [-0.3, -0.25) is 14.4 Å². The maximum absolute atomic E-state index is 11.7. The molecule has 0 spiro atoms. The molecule has 0 aliphatic carbocycles. The first-order valence-electron chi connectivity index (χ1n) is 7.32. The van der Waals surface area contributed by atoms with Crippen LogP contribution >= 0.6 is 0 Å². The van der Waals surface area contributed by atoms with Crippen molar-refractivity contribution < 1.29 is 29.1 Å². The van der Waals surface area contributed by atoms with Crippen molar-refractivity contribution in [3.63, 3.8) is 0 Å². The predicted octanol–water partition coefficient (Wildman–Crippen LogP) is 1.24. The molecule has 7 heteroatoms. The van der Waals surface area contributed by atoms with E-state index in [4.69, 9.17) is 9.94 Å². The minimum atomic E-state index is -0.862. The summed E-state index contributed by atoms with van der Waals surface area (Å²) in [5.74, 6) is -2.51. The molecule has 1 aliphatic heterocycles. The molecule has 0 bridgehead atoms. The van der Waals surface area contributed by atoms with Crippen molar-refractivity contribution in [3.8, 4) is 0 Å². The third-order valence-corrected chi connectivity index (χ3v) is 3.44. The van der Waals surface area contributed by atoms with Crippen molar-refractivity contribution in [2.75, 3.05) is 0 Å². The molecule has 23 heavy (non-hydrogen) atoms. The van der Waals surface area contributed by atoms with Crippen molar-refractivity contribution in [1.82, 2.24) is 5.06 Å². The van der Waals surface area contributed by atoms with Gasteiger partial charge in [0.15, 0.2) is 0 Å². The number of aryl methyl sites for hydroxylation is 2. The maximum Gasteiger partial charge on any atom is 0.333 e. The van der Waals surface area contributed by atoms with Gasteiger partial charge in [-0.1, -0.05) is 24.3 Å². The van der Waals surface area contributed by atoms with E-state index in [1.165, 1.54) is 0 Å². The average Bonchev–Trinajstić information content (AvgIpc) is 2.83. The highest BCUT2D eigenvalue weighted by Crippen LogP contribution is 2.14. The zero-order chi connectivity index (χ0) is 16.8. The summed E-state index contributed by atoms with van der Waals surface area (Å²) in [6.07, 6.45) is 1.01. The minimum absolute atomic E-state index is 0.0272. The monoisotopic (exact) mass is 319 g/mol. The Kier molecular flexibility index (Phi) is 5.46. The molecule has 7 nitrogen and oxygen atoms in total. The Balaban J connectivity index is 1.84. The highest BCUT2D eigenvalue weighted by Gasteiger charge is 2.32. The third-order valence-electron chi connectivity index (χ3n) is 3.44. The number of amides is 2. The molecule has 1 aromatic rings. The number of hydroxylamine groups is 2. The van der Waals surface area contributed by atoms with Crippen LogP contribution in [0, 0.1) is 0 Å². The Labute approximate surface area is 132 Å². The molecule has 1 heterocycles. The van der Waals surface area contributed by atoms with Crippen LogP contribution in [0.25, 0.3) is 0 Å². The first kappa shape index (κ1) is 16.7. The molecular weight excluding hydrogens is 302 g/mol. The average molecular weight is 319 g/mol. The van der Waals surface area contributed by atoms with Crippen LogP contribution in [0.4, 0.5) is 0 Å². The van der Waals surface area contributed by atoms with Crippen molar-refractivity contribution in [3.05, 3.63) is 35.4 Å². The van der Waals surface area contributed by atoms with Gasteiger partial charge in [-0.05, 0) is 24.0 Å². The first-order chi connectivity index (χ1) is 11.0. The summed E-state index contributed by atoms with van der Waals surface area (Å²) in [6, 6.07) is 7.28. The van der Waals surface area contributed by atoms with E-state index in [-0.39, 0.29) is 25.7 Å². The van der Waals surface area contributed by atoms with Gasteiger partial charge in [0, 0.05) is 19.3 Å². The van der Waals surface area contributed by atoms with Crippen molar-refractivity contribution in [1.29, 1.82) is 0 Å². The van der Waals surface area contributed by atoms with Crippen LogP contribution in [-0.4, -0.2) is 33.9 Å². The largest absolute Gasteiger partial charge is 0.481 e. The molecule has 2 amide bonds. The van der Waals surface area contributed by atoms with Gasteiger partial charge in [0.1, 0.15) is 0 Å². The third kappa shape index (κ3) is 4.91. The molecule has 1 N–H and O–H groups in total. The Morgan fingerprint density at radius 3 is 2.17 bits per heavy atom. The molecule has 0 atom stereocenters. The number of carbonyl (C=O) groups is 4. The summed E-state index contributed by atoms with van der Waals surface area (Å²) in [7, 11) is 0. The van der Waals surface area contributed by atoms with Gasteiger partial charge in [0.2, 0.25) is 0 Å². The fraction of sp³-hybridized carbons (Fsp3) is 0.375. The number of imide groups is 1. The topological polar surface area (TPSA) is 101 Å². The Bertz CT molecular complexity index is 623. The molecule has 0 radical (unpaired) electrons. The lowest BCUT2D eigenvalue weighted by molar-refractivity contribution is -0.197. The van der Waals surface area contributed by atoms with E-state index in [0.29, 0.717) is 17.9 Å². The zero-order valence-electron chi connectivity index (χ0n) is 12.5. The van der Waals surface area contributed by atoms with Crippen LogP contribution in [0.3, 0.4) is 0 Å². The summed E-state index contributed by atoms with van der Waals surface area (Å²) >= 11 is 0. The molecular formula is C16H17NO6. The van der Waals surface area contributed by atoms with E-state index in [1.807, 2.05) is 18.2 Å². The van der Waals surface area contributed by atoms with Crippen LogP contribution in [0.1, 0.15) is 36.8 Å². The van der Waals surface area contributed by atoms with E-state index in [2.05, 4.69) is 0 Å². The summed E-state index contributed by atoms with van der Waals surface area (Å²) in [6.45, 7) is 0. The van der Waals surface area contributed by atoms with Gasteiger partial charge in [0.05, 0.1) is 6.42 Å². The van der Waals surface area contributed by atoms with E-state index in [1.54, 1.807) is 6.07 Å². The number of carboxylic acids is 1. The van der Waals surface area contributed by atoms with E-state index < -0.39 is 23.8 Å². The van der Waals surface area contributed by atoms with Crippen LogP contribution in [0.5, 0.6) is 0 Å². The van der Waals surface area contributed by atoms with Crippen LogP contribution in [-0.2, 0) is 36.9 Å². The van der Waals surface area contributed by atoms with Gasteiger partial charge >= 0.3 is 11.9 Å². The number of benzene rings is 1. The van der Waals surface area contributed by atoms with Crippen molar-refractivity contribution >= 4 is 23.8 Å². The lowest BCUT2D eigenvalue weighted by atomic mass is 10.0. The van der Waals surface area contributed by atoms with Gasteiger partial charge in [-0.15, -0.1) is 5.06 Å². The van der Waals surface area contributed by atoms with E-state index >= 15 is 0 Å². The second-order valence-corrected chi connectivity index (χ2v) is 5.26. The molecule has 1 aliphatic rings. The maximum atomic E-state index is 11.7. The van der Waals surface area contributed by atoms with Gasteiger partial charge in [-0.25, -0.2) is 4.79 Å². The lowest BCUT2D eigenvalue weighted by Gasteiger charge is -2.12. The molecule has 1 saturated heterocycles. The molecule has 1 aromatic carbocycles. The van der Waals surface area contributed by atoms with Crippen molar-refractivity contribution in [2.45, 2.75) is 38.5 Å². The van der Waals surface area contributed by atoms with Gasteiger partial charge in [0.25, 0.3) is 11.8 Å². The van der Waals surface area contributed by atoms with Crippen LogP contribution in [0.15, 0.2) is 24.3 Å². The number of hydrogen-bond acceptors (Lipinski definition) is 5. The fourth-order valence-corrected chi connectivity index (χ4v) is 2.24. The van der Waals surface area contributed by atoms with Gasteiger partial charge in [-0.2, -0.15) is 0 Å². The standard InChI is InChI=1S/C16H17NO6/c18-13-6-7-14(19)17(13)23-16(22)9-5-12-3-1-2-11(10-12)4-8-15(20)21/h1-3,10H,4-9H2,(H,20,21). The molecule has 2 rings (SSSR count). The number of carboxylic acid groups (broad SMARTS) is 1. The number of hydrogen-bond donors (Lipinski definition) is 1. The molecule has 1 fully saturated rings. The Hall–Kier alpha value is -2.70. The quantitative estimate of drug-likeness (QED) is 0.759. The molecule has 0 aromatic heterocycles. The number of nitrogens with zero attached hydrogens (tertiary/aromatic N) is 1. The smallest absolute Gasteiger partial charge is 0.333 e. The molecule has 0 unspecified atom stereocenters. The molecule has 0 saturated carbocycles. The number of rotatable bonds is 7. The second kappa shape index (κ2) is 7.53. The summed E-state index contributed by atoms with van der Waals surface area (Å²) in [5, 5.41) is 9.21. The highest BCUT2D eigenvalue weighted by atomic mass is 16.7. The number of carbonyl (C=O) groups excluding carboxylic acids is 3. The van der Waals surface area contributed by atoms with Gasteiger partial charge < -0.3 is 9.94 Å². The molecule has 122 valence electrons. The number of aliphatic carboxylic acids is 1. The minimum Gasteiger partial charge on any atom is -0.481 e. The summed E-state index contributed by atoms with van der Waals surface area (Å²) in [5.41, 5.74) is 1.74. The van der Waals surface area contributed by atoms with Crippen LogP contribution < -0.4 is 0 Å². The highest BCUT2D eigenvalue weighted by molar-refractivity contribution is 6.01. The predicted molar refractivity (Wildman–Crippen MR) is 77.9 cm³/mol. The fourth-order valence-electron chi connectivity index (χ4n) is 2.24. The summed E-state index contributed by atoms with van der Waals surface area (Å²) < 4.78 is 0. The normalized spacial score (nSPS) is 14.2. The Morgan fingerprint density at radius 1 is 1.04 bits per heavy atom. The summed E-state index contributed by atoms with van der Waals surface area (Å²) in [4.78, 5) is 49.8. The zero-order valence-corrected chi connectivity index (χ0v) is 12.5. The SMILES string of the molecule is O=C(O)CCc1cccc(CCC(=O)ON2C(=O)CCC2=O)c1. The van der Waals surface area contributed by atoms with E-state index in [0.717, 1.165) is 11.1 Å². The van der Waals surface area contributed by atoms with E-state index in [9.17, 15) is 19.2 Å². The Morgan fingerprint density at radius 2 is 1.61 bits per heavy atom. The first-order valence-corrected chi connectivity index (χ1v) is 7.32. The van der Waals surface area contributed by atoms with Crippen molar-refractivity contribution in [2.24, 2.45) is 0 Å². The lowest BCUT2D eigenvalue weighted by Crippen LogP contribution is -2.32.